The molecule has 0 spiro atoms. The van der Waals surface area contributed by atoms with Crippen molar-refractivity contribution in [3.8, 4) is 0 Å². The van der Waals surface area contributed by atoms with Gasteiger partial charge in [-0.1, -0.05) is 35.9 Å². The predicted octanol–water partition coefficient (Wildman–Crippen LogP) is 3.61. The Morgan fingerprint density at radius 1 is 1.22 bits per heavy atom. The summed E-state index contributed by atoms with van der Waals surface area (Å²) in [5, 5.41) is 4.66. The molecular weight excluding hydrogens is 220 g/mol. The zero-order valence-electron chi connectivity index (χ0n) is 10.7. The van der Waals surface area contributed by atoms with Crippen molar-refractivity contribution in [2.24, 2.45) is 0 Å². The molecule has 1 aromatic carbocycles. The van der Waals surface area contributed by atoms with Gasteiger partial charge in [-0.25, -0.2) is 0 Å². The van der Waals surface area contributed by atoms with Crippen LogP contribution in [0.1, 0.15) is 30.9 Å². The largest absolute Gasteiger partial charge is 0.310 e. The van der Waals surface area contributed by atoms with Crippen molar-refractivity contribution in [2.45, 2.75) is 25.3 Å². The zero-order chi connectivity index (χ0) is 12.4. The molecule has 2 heteroatoms. The Kier molecular flexibility index (Phi) is 3.11. The molecule has 2 nitrogen and oxygen atoms in total. The molecule has 1 atom stereocenters. The maximum Gasteiger partial charge on any atom is 0.0753 e. The van der Waals surface area contributed by atoms with Crippen molar-refractivity contribution < 1.29 is 0 Å². The highest BCUT2D eigenvalue weighted by atomic mass is 14.9. The topological polar surface area (TPSA) is 24.9 Å². The maximum atomic E-state index is 4.55. The van der Waals surface area contributed by atoms with Gasteiger partial charge in [-0.2, -0.15) is 0 Å². The molecule has 1 aromatic heterocycles. The number of fused-ring (bicyclic) bond motifs is 1. The van der Waals surface area contributed by atoms with Crippen LogP contribution in [0, 0.1) is 0 Å². The minimum atomic E-state index is 0.311. The summed E-state index contributed by atoms with van der Waals surface area (Å²) in [4.78, 5) is 4.55. The Morgan fingerprint density at radius 3 is 2.89 bits per heavy atom. The standard InChI is InChI=1S/C16H18N2/c1-17-15(12-6-2-3-7-12)14-10-4-8-13-9-5-11-18-16(13)14/h4-6,8-11,15,17H,2-3,7H2,1H3. The van der Waals surface area contributed by atoms with E-state index < -0.39 is 0 Å². The molecule has 1 N–H and O–H groups in total. The molecule has 0 fully saturated rings. The Bertz CT molecular complexity index is 581. The van der Waals surface area contributed by atoms with Crippen molar-refractivity contribution in [3.63, 3.8) is 0 Å². The van der Waals surface area contributed by atoms with Gasteiger partial charge >= 0.3 is 0 Å². The predicted molar refractivity (Wildman–Crippen MR) is 75.5 cm³/mol. The third-order valence-electron chi connectivity index (χ3n) is 3.71. The second-order valence-electron chi connectivity index (χ2n) is 4.82. The van der Waals surface area contributed by atoms with Gasteiger partial charge in [0.1, 0.15) is 0 Å². The van der Waals surface area contributed by atoms with Gasteiger partial charge in [0.05, 0.1) is 11.6 Å². The summed E-state index contributed by atoms with van der Waals surface area (Å²) in [6, 6.07) is 10.9. The van der Waals surface area contributed by atoms with Gasteiger partial charge in [-0.05, 0) is 37.9 Å². The first-order valence-electron chi connectivity index (χ1n) is 6.60. The normalized spacial score (nSPS) is 16.8. The van der Waals surface area contributed by atoms with Gasteiger partial charge in [0.25, 0.3) is 0 Å². The van der Waals surface area contributed by atoms with Crippen LogP contribution in [0.25, 0.3) is 10.9 Å². The van der Waals surface area contributed by atoms with E-state index in [0.29, 0.717) is 6.04 Å². The smallest absolute Gasteiger partial charge is 0.0753 e. The van der Waals surface area contributed by atoms with E-state index in [1.54, 1.807) is 0 Å². The van der Waals surface area contributed by atoms with Crippen molar-refractivity contribution in [2.75, 3.05) is 7.05 Å². The number of para-hydroxylation sites is 1. The summed E-state index contributed by atoms with van der Waals surface area (Å²) >= 11 is 0. The van der Waals surface area contributed by atoms with Gasteiger partial charge in [-0.3, -0.25) is 4.98 Å². The molecule has 1 unspecified atom stereocenters. The molecule has 0 saturated carbocycles. The molecular formula is C16H18N2. The molecule has 0 bridgehead atoms. The molecule has 92 valence electrons. The SMILES string of the molecule is CNC(C1=CCCC1)c1cccc2cccnc12. The summed E-state index contributed by atoms with van der Waals surface area (Å²) < 4.78 is 0. The fraction of sp³-hybridized carbons (Fsp3) is 0.312. The van der Waals surface area contributed by atoms with E-state index in [2.05, 4.69) is 40.6 Å². The minimum Gasteiger partial charge on any atom is -0.310 e. The van der Waals surface area contributed by atoms with Crippen LogP contribution in [0.15, 0.2) is 48.2 Å². The number of likely N-dealkylation sites (N-methyl/N-ethyl adjacent to an activating group) is 1. The first-order valence-corrected chi connectivity index (χ1v) is 6.60. The van der Waals surface area contributed by atoms with Crippen LogP contribution in [-0.4, -0.2) is 12.0 Å². The highest BCUT2D eigenvalue weighted by molar-refractivity contribution is 5.82. The molecule has 18 heavy (non-hydrogen) atoms. The first kappa shape index (κ1) is 11.4. The number of nitrogens with one attached hydrogen (secondary N) is 1. The van der Waals surface area contributed by atoms with Crippen LogP contribution in [-0.2, 0) is 0 Å². The average molecular weight is 238 g/mol. The van der Waals surface area contributed by atoms with Gasteiger partial charge in [-0.15, -0.1) is 0 Å². The van der Waals surface area contributed by atoms with Crippen molar-refractivity contribution in [1.29, 1.82) is 0 Å². The molecule has 3 rings (SSSR count). The van der Waals surface area contributed by atoms with E-state index in [9.17, 15) is 0 Å². The second kappa shape index (κ2) is 4.91. The molecule has 1 aliphatic carbocycles. The number of hydrogen-bond acceptors (Lipinski definition) is 2. The van der Waals surface area contributed by atoms with E-state index in [1.807, 2.05) is 19.3 Å². The van der Waals surface area contributed by atoms with E-state index in [-0.39, 0.29) is 0 Å². The van der Waals surface area contributed by atoms with Crippen LogP contribution >= 0.6 is 0 Å². The molecule has 0 aliphatic heterocycles. The Labute approximate surface area is 108 Å². The number of aromatic nitrogens is 1. The monoisotopic (exact) mass is 238 g/mol. The summed E-state index contributed by atoms with van der Waals surface area (Å²) in [6.45, 7) is 0. The van der Waals surface area contributed by atoms with E-state index >= 15 is 0 Å². The van der Waals surface area contributed by atoms with Crippen LogP contribution in [0.5, 0.6) is 0 Å². The average Bonchev–Trinajstić information content (AvgIpc) is 2.94. The van der Waals surface area contributed by atoms with Crippen molar-refractivity contribution in [3.05, 3.63) is 53.7 Å². The van der Waals surface area contributed by atoms with E-state index in [0.717, 1.165) is 5.52 Å². The van der Waals surface area contributed by atoms with Gasteiger partial charge in [0.15, 0.2) is 0 Å². The highest BCUT2D eigenvalue weighted by Gasteiger charge is 2.19. The lowest BCUT2D eigenvalue weighted by Gasteiger charge is -2.19. The summed E-state index contributed by atoms with van der Waals surface area (Å²) in [5.41, 5.74) is 3.92. The Balaban J connectivity index is 2.12. The summed E-state index contributed by atoms with van der Waals surface area (Å²) in [7, 11) is 2.03. The maximum absolute atomic E-state index is 4.55. The lowest BCUT2D eigenvalue weighted by atomic mass is 9.96. The zero-order valence-corrected chi connectivity index (χ0v) is 10.7. The van der Waals surface area contributed by atoms with Gasteiger partial charge in [0.2, 0.25) is 0 Å². The quantitative estimate of drug-likeness (QED) is 0.826. The Morgan fingerprint density at radius 2 is 2.11 bits per heavy atom. The minimum absolute atomic E-state index is 0.311. The number of benzene rings is 1. The van der Waals surface area contributed by atoms with Gasteiger partial charge in [0, 0.05) is 11.6 Å². The lowest BCUT2D eigenvalue weighted by molar-refractivity contribution is 0.659. The molecule has 2 aromatic rings. The van der Waals surface area contributed by atoms with Crippen LogP contribution in [0.3, 0.4) is 0 Å². The lowest BCUT2D eigenvalue weighted by Crippen LogP contribution is -2.18. The fourth-order valence-electron chi connectivity index (χ4n) is 2.86. The molecule has 1 aliphatic rings. The van der Waals surface area contributed by atoms with E-state index in [1.165, 1.54) is 35.8 Å². The van der Waals surface area contributed by atoms with Crippen LogP contribution in [0.4, 0.5) is 0 Å². The highest BCUT2D eigenvalue weighted by Crippen LogP contribution is 2.33. The van der Waals surface area contributed by atoms with Crippen molar-refractivity contribution in [1.82, 2.24) is 10.3 Å². The molecule has 0 amide bonds. The van der Waals surface area contributed by atoms with Gasteiger partial charge < -0.3 is 5.32 Å². The Hall–Kier alpha value is -1.67. The van der Waals surface area contributed by atoms with Crippen LogP contribution < -0.4 is 5.32 Å². The van der Waals surface area contributed by atoms with Crippen molar-refractivity contribution >= 4 is 10.9 Å². The number of hydrogen-bond donors (Lipinski definition) is 1. The summed E-state index contributed by atoms with van der Waals surface area (Å²) in [5.74, 6) is 0. The second-order valence-corrected chi connectivity index (χ2v) is 4.82. The van der Waals surface area contributed by atoms with E-state index in [4.69, 9.17) is 0 Å². The van der Waals surface area contributed by atoms with Crippen LogP contribution in [0.2, 0.25) is 0 Å². The first-order chi connectivity index (χ1) is 8.90. The molecule has 0 saturated heterocycles. The number of pyridine rings is 1. The number of allylic oxidation sites excluding steroid dienone is 1. The number of nitrogens with zero attached hydrogens (tertiary/aromatic N) is 1. The summed E-state index contributed by atoms with van der Waals surface area (Å²) in [6.07, 6.45) is 7.96. The fourth-order valence-corrected chi connectivity index (χ4v) is 2.86. The molecule has 1 heterocycles. The third kappa shape index (κ3) is 1.93. The number of rotatable bonds is 3. The molecule has 0 radical (unpaired) electrons. The third-order valence-corrected chi connectivity index (χ3v) is 3.71.